The van der Waals surface area contributed by atoms with E-state index in [9.17, 15) is 27.2 Å². The summed E-state index contributed by atoms with van der Waals surface area (Å²) in [6, 6.07) is 6.89. The van der Waals surface area contributed by atoms with E-state index in [0.717, 1.165) is 12.3 Å². The van der Waals surface area contributed by atoms with Crippen molar-refractivity contribution in [2.75, 3.05) is 5.32 Å². The Hall–Kier alpha value is -3.66. The summed E-state index contributed by atoms with van der Waals surface area (Å²) in [7, 11) is 0. The summed E-state index contributed by atoms with van der Waals surface area (Å²) in [4.78, 5) is 27.7. The lowest BCUT2D eigenvalue weighted by Gasteiger charge is -2.18. The van der Waals surface area contributed by atoms with Gasteiger partial charge in [-0.25, -0.2) is 9.37 Å². The van der Waals surface area contributed by atoms with Crippen molar-refractivity contribution in [2.24, 2.45) is 5.73 Å². The van der Waals surface area contributed by atoms with Crippen molar-refractivity contribution in [3.63, 3.8) is 0 Å². The summed E-state index contributed by atoms with van der Waals surface area (Å²) in [5, 5.41) is 2.65. The molecule has 3 aromatic rings. The first-order chi connectivity index (χ1) is 15.4. The van der Waals surface area contributed by atoms with Crippen LogP contribution in [0.2, 0.25) is 5.02 Å². The van der Waals surface area contributed by atoms with E-state index in [0.29, 0.717) is 22.2 Å². The number of benzene rings is 2. The molecule has 0 aliphatic rings. The van der Waals surface area contributed by atoms with Gasteiger partial charge in [-0.3, -0.25) is 9.59 Å². The van der Waals surface area contributed by atoms with Gasteiger partial charge < -0.3 is 15.8 Å². The molecule has 11 heteroatoms. The van der Waals surface area contributed by atoms with Crippen LogP contribution in [0.3, 0.4) is 0 Å². The second kappa shape index (κ2) is 9.07. The van der Waals surface area contributed by atoms with Crippen molar-refractivity contribution < 1.29 is 31.9 Å². The van der Waals surface area contributed by atoms with E-state index in [2.05, 4.69) is 10.3 Å². The van der Waals surface area contributed by atoms with Crippen LogP contribution >= 0.6 is 11.6 Å². The smallest absolute Gasteiger partial charge is 0.419 e. The number of aryl methyl sites for hydroxylation is 2. The molecular weight excluding hydrogens is 466 g/mol. The number of alkyl halides is 3. The normalized spacial score (nSPS) is 11.2. The lowest BCUT2D eigenvalue weighted by molar-refractivity contribution is -0.140. The van der Waals surface area contributed by atoms with Gasteiger partial charge in [-0.05, 0) is 61.4 Å². The number of aromatic nitrogens is 1. The molecule has 0 saturated heterocycles. The third-order valence-corrected chi connectivity index (χ3v) is 4.77. The summed E-state index contributed by atoms with van der Waals surface area (Å²) < 4.78 is 60.5. The lowest BCUT2D eigenvalue weighted by Crippen LogP contribution is -2.19. The number of nitrogens with one attached hydrogen (secondary N) is 1. The first kappa shape index (κ1) is 24.0. The van der Waals surface area contributed by atoms with Gasteiger partial charge in [-0.15, -0.1) is 0 Å². The van der Waals surface area contributed by atoms with Crippen LogP contribution in [0.5, 0.6) is 11.5 Å². The predicted molar refractivity (Wildman–Crippen MR) is 113 cm³/mol. The maximum atomic E-state index is 15.0. The molecule has 0 radical (unpaired) electrons. The Kier molecular flexibility index (Phi) is 6.59. The summed E-state index contributed by atoms with van der Waals surface area (Å²) in [5.74, 6) is -4.07. The number of rotatable bonds is 5. The van der Waals surface area contributed by atoms with Crippen molar-refractivity contribution in [2.45, 2.75) is 20.0 Å². The van der Waals surface area contributed by atoms with Crippen LogP contribution < -0.4 is 15.8 Å². The second-order valence-corrected chi connectivity index (χ2v) is 7.46. The maximum absolute atomic E-state index is 15.0. The van der Waals surface area contributed by atoms with E-state index in [1.807, 2.05) is 0 Å². The fourth-order valence-electron chi connectivity index (χ4n) is 3.05. The first-order valence-corrected chi connectivity index (χ1v) is 9.67. The number of nitrogens with two attached hydrogens (primary N) is 1. The Morgan fingerprint density at radius 2 is 1.73 bits per heavy atom. The van der Waals surface area contributed by atoms with Crippen LogP contribution in [0.15, 0.2) is 42.6 Å². The minimum Gasteiger partial charge on any atom is -0.456 e. The van der Waals surface area contributed by atoms with E-state index in [4.69, 9.17) is 22.1 Å². The number of primary amides is 1. The molecule has 2 amide bonds. The Labute approximate surface area is 190 Å². The number of halogens is 5. The number of carbonyl (C=O) groups excluding carboxylic acids is 2. The van der Waals surface area contributed by atoms with Gasteiger partial charge in [0.25, 0.3) is 11.8 Å². The summed E-state index contributed by atoms with van der Waals surface area (Å²) >= 11 is 5.98. The molecule has 1 aromatic heterocycles. The average Bonchev–Trinajstić information content (AvgIpc) is 2.70. The molecule has 6 nitrogen and oxygen atoms in total. The van der Waals surface area contributed by atoms with Crippen molar-refractivity contribution in [1.82, 2.24) is 4.98 Å². The number of ether oxygens (including phenoxy) is 1. The highest BCUT2D eigenvalue weighted by Gasteiger charge is 2.37. The van der Waals surface area contributed by atoms with Gasteiger partial charge in [-0.2, -0.15) is 13.2 Å². The fourth-order valence-corrected chi connectivity index (χ4v) is 3.38. The molecule has 3 rings (SSSR count). The van der Waals surface area contributed by atoms with Crippen LogP contribution in [-0.4, -0.2) is 16.8 Å². The van der Waals surface area contributed by atoms with Crippen molar-refractivity contribution in [1.29, 1.82) is 0 Å². The predicted octanol–water partition coefficient (Wildman–Crippen LogP) is 5.65. The summed E-state index contributed by atoms with van der Waals surface area (Å²) in [6.45, 7) is 3.28. The molecule has 33 heavy (non-hydrogen) atoms. The SMILES string of the molecule is Cc1cc(Cl)cc(C)c1Oc1ccc(C(F)(F)F)c(F)c1C(=O)Nc1ccc(C(N)=O)nc1. The van der Waals surface area contributed by atoms with Gasteiger partial charge >= 0.3 is 6.18 Å². The zero-order valence-corrected chi connectivity index (χ0v) is 17.9. The standard InChI is InChI=1S/C22H16ClF4N3O3/c1-10-7-12(23)8-11(2)19(10)33-16-6-4-14(22(25,26)27)18(24)17(16)21(32)30-13-3-5-15(20(28)31)29-9-13/h3-9H,1-2H3,(H2,28,31)(H,30,32). The Balaban J connectivity index is 2.07. The zero-order valence-electron chi connectivity index (χ0n) is 17.2. The Morgan fingerprint density at radius 1 is 1.09 bits per heavy atom. The van der Waals surface area contributed by atoms with Gasteiger partial charge in [0.1, 0.15) is 22.8 Å². The van der Waals surface area contributed by atoms with Crippen molar-refractivity contribution in [3.05, 3.63) is 81.4 Å². The van der Waals surface area contributed by atoms with E-state index in [-0.39, 0.29) is 17.1 Å². The van der Waals surface area contributed by atoms with Crippen LogP contribution in [-0.2, 0) is 6.18 Å². The van der Waals surface area contributed by atoms with E-state index in [1.54, 1.807) is 26.0 Å². The molecule has 172 valence electrons. The zero-order chi connectivity index (χ0) is 24.5. The summed E-state index contributed by atoms with van der Waals surface area (Å²) in [6.07, 6.45) is -3.99. The number of carbonyl (C=O) groups is 2. The van der Waals surface area contributed by atoms with E-state index >= 15 is 0 Å². The molecule has 0 spiro atoms. The first-order valence-electron chi connectivity index (χ1n) is 9.30. The van der Waals surface area contributed by atoms with Gasteiger partial charge in [0, 0.05) is 5.02 Å². The fraction of sp³-hybridized carbons (Fsp3) is 0.136. The molecule has 0 saturated carbocycles. The van der Waals surface area contributed by atoms with Gasteiger partial charge in [0.05, 0.1) is 17.4 Å². The molecule has 1 heterocycles. The van der Waals surface area contributed by atoms with Crippen molar-refractivity contribution in [3.8, 4) is 11.5 Å². The van der Waals surface area contributed by atoms with Crippen LogP contribution in [0.1, 0.15) is 37.5 Å². The minimum absolute atomic E-state index is 0.00776. The van der Waals surface area contributed by atoms with Crippen LogP contribution in [0.25, 0.3) is 0 Å². The molecule has 0 unspecified atom stereocenters. The number of nitrogens with zero attached hydrogens (tertiary/aromatic N) is 1. The van der Waals surface area contributed by atoms with Gasteiger partial charge in [-0.1, -0.05) is 11.6 Å². The van der Waals surface area contributed by atoms with Crippen LogP contribution in [0.4, 0.5) is 23.2 Å². The Morgan fingerprint density at radius 3 is 2.24 bits per heavy atom. The number of hydrogen-bond donors (Lipinski definition) is 2. The highest BCUT2D eigenvalue weighted by molar-refractivity contribution is 6.30. The number of anilines is 1. The highest BCUT2D eigenvalue weighted by atomic mass is 35.5. The molecule has 3 N–H and O–H groups in total. The minimum atomic E-state index is -5.05. The van der Waals surface area contributed by atoms with Gasteiger partial charge in [0.2, 0.25) is 0 Å². The molecule has 0 fully saturated rings. The number of pyridine rings is 1. The molecule has 0 bridgehead atoms. The lowest BCUT2D eigenvalue weighted by atomic mass is 10.1. The van der Waals surface area contributed by atoms with Crippen molar-refractivity contribution >= 4 is 29.1 Å². The van der Waals surface area contributed by atoms with Crippen LogP contribution in [0, 0.1) is 19.7 Å². The van der Waals surface area contributed by atoms with Gasteiger partial charge in [0.15, 0.2) is 5.82 Å². The number of amides is 2. The molecule has 0 aliphatic heterocycles. The van der Waals surface area contributed by atoms with E-state index in [1.165, 1.54) is 12.1 Å². The second-order valence-electron chi connectivity index (χ2n) is 7.02. The van der Waals surface area contributed by atoms with E-state index < -0.39 is 40.7 Å². The average molecular weight is 482 g/mol. The molecular formula is C22H16ClF4N3O3. The monoisotopic (exact) mass is 481 g/mol. The third kappa shape index (κ3) is 5.23. The largest absolute Gasteiger partial charge is 0.456 e. The molecule has 0 aliphatic carbocycles. The Bertz CT molecular complexity index is 1220. The highest BCUT2D eigenvalue weighted by Crippen LogP contribution is 2.39. The number of hydrogen-bond acceptors (Lipinski definition) is 4. The molecule has 2 aromatic carbocycles. The maximum Gasteiger partial charge on any atom is 0.419 e. The topological polar surface area (TPSA) is 94.3 Å². The quantitative estimate of drug-likeness (QED) is 0.460. The molecule has 0 atom stereocenters. The third-order valence-electron chi connectivity index (χ3n) is 4.55. The summed E-state index contributed by atoms with van der Waals surface area (Å²) in [5.41, 5.74) is 3.44.